The SMILES string of the molecule is CO[C@@H](C)c1ncccc1-c1c(CC(C)(C)CO)c2cc(C3=CCCN(C(=O)OC(C)(C)C)C3)ccc2n1CC(F)(F)F. The number of halogens is 3. The molecule has 43 heavy (non-hydrogen) atoms. The van der Waals surface area contributed by atoms with Gasteiger partial charge in [0, 0.05) is 49.5 Å². The third-order valence-electron chi connectivity index (χ3n) is 7.59. The summed E-state index contributed by atoms with van der Waals surface area (Å²) in [6.45, 7) is 10.5. The Morgan fingerprint density at radius 1 is 1.14 bits per heavy atom. The number of hydrogen-bond donors (Lipinski definition) is 1. The van der Waals surface area contributed by atoms with Gasteiger partial charge in [0.25, 0.3) is 0 Å². The first kappa shape index (κ1) is 32.5. The lowest BCUT2D eigenvalue weighted by Crippen LogP contribution is -2.39. The van der Waals surface area contributed by atoms with E-state index in [9.17, 15) is 23.1 Å². The standard InChI is InChI=1S/C33H42F3N3O4/c1-21(42-7)28-24(11-8-14-37-28)29-26(17-32(5,6)20-40)25-16-22(12-13-27(25)39(29)19-33(34,35)36)23-10-9-15-38(18-23)30(41)43-31(2,3)4/h8,10-14,16,21,40H,9,15,17-20H2,1-7H3/t21-/m0/s1. The second kappa shape index (κ2) is 12.3. The van der Waals surface area contributed by atoms with Gasteiger partial charge in [-0.15, -0.1) is 0 Å². The molecule has 2 aromatic heterocycles. The first-order valence-corrected chi connectivity index (χ1v) is 14.5. The van der Waals surface area contributed by atoms with Crippen molar-refractivity contribution in [3.63, 3.8) is 0 Å². The van der Waals surface area contributed by atoms with E-state index in [0.29, 0.717) is 59.3 Å². The normalized spacial score (nSPS) is 15.5. The van der Waals surface area contributed by atoms with E-state index in [1.54, 1.807) is 29.3 Å². The number of methoxy groups -OCH3 is 1. The Bertz CT molecular complexity index is 1500. The number of nitrogens with zero attached hydrogens (tertiary/aromatic N) is 3. The van der Waals surface area contributed by atoms with Crippen molar-refractivity contribution in [2.45, 2.75) is 78.8 Å². The van der Waals surface area contributed by atoms with Crippen LogP contribution in [-0.4, -0.2) is 64.2 Å². The van der Waals surface area contributed by atoms with Crippen LogP contribution >= 0.6 is 0 Å². The van der Waals surface area contributed by atoms with Gasteiger partial charge in [0.15, 0.2) is 0 Å². The van der Waals surface area contributed by atoms with Crippen molar-refractivity contribution in [3.05, 3.63) is 59.4 Å². The zero-order valence-corrected chi connectivity index (χ0v) is 26.0. The Labute approximate surface area is 251 Å². The Morgan fingerprint density at radius 3 is 2.49 bits per heavy atom. The van der Waals surface area contributed by atoms with Crippen molar-refractivity contribution < 1.29 is 32.5 Å². The lowest BCUT2D eigenvalue weighted by molar-refractivity contribution is -0.139. The highest BCUT2D eigenvalue weighted by Crippen LogP contribution is 2.42. The van der Waals surface area contributed by atoms with Crippen LogP contribution in [0, 0.1) is 5.41 Å². The van der Waals surface area contributed by atoms with Gasteiger partial charge in [-0.3, -0.25) is 4.98 Å². The number of benzene rings is 1. The largest absolute Gasteiger partial charge is 0.444 e. The Kier molecular flexibility index (Phi) is 9.32. The van der Waals surface area contributed by atoms with Gasteiger partial charge in [-0.05, 0) is 86.9 Å². The molecule has 1 aliphatic rings. The van der Waals surface area contributed by atoms with Gasteiger partial charge < -0.3 is 24.0 Å². The van der Waals surface area contributed by atoms with E-state index in [-0.39, 0.29) is 6.61 Å². The number of aromatic nitrogens is 2. The van der Waals surface area contributed by atoms with Gasteiger partial charge in [-0.1, -0.05) is 26.0 Å². The van der Waals surface area contributed by atoms with Crippen LogP contribution in [0.2, 0.25) is 0 Å². The van der Waals surface area contributed by atoms with Crippen LogP contribution in [0.4, 0.5) is 18.0 Å². The summed E-state index contributed by atoms with van der Waals surface area (Å²) in [4.78, 5) is 19.0. The lowest BCUT2D eigenvalue weighted by Gasteiger charge is -2.30. The quantitative estimate of drug-likeness (QED) is 0.288. The predicted molar refractivity (Wildman–Crippen MR) is 162 cm³/mol. The third kappa shape index (κ3) is 7.59. The van der Waals surface area contributed by atoms with Crippen LogP contribution in [0.1, 0.15) is 70.9 Å². The van der Waals surface area contributed by atoms with Crippen LogP contribution in [0.25, 0.3) is 27.7 Å². The molecule has 0 saturated heterocycles. The average molecular weight is 602 g/mol. The highest BCUT2D eigenvalue weighted by molar-refractivity contribution is 5.95. The van der Waals surface area contributed by atoms with E-state index in [4.69, 9.17) is 9.47 Å². The van der Waals surface area contributed by atoms with Crippen molar-refractivity contribution in [2.75, 3.05) is 26.8 Å². The molecule has 4 rings (SSSR count). The van der Waals surface area contributed by atoms with Crippen molar-refractivity contribution >= 4 is 22.6 Å². The molecule has 0 spiro atoms. The number of carbonyl (C=O) groups excluding carboxylic acids is 1. The average Bonchev–Trinajstić information content (AvgIpc) is 3.21. The molecular weight excluding hydrogens is 559 g/mol. The summed E-state index contributed by atoms with van der Waals surface area (Å²) in [7, 11) is 1.54. The molecule has 7 nitrogen and oxygen atoms in total. The van der Waals surface area contributed by atoms with Gasteiger partial charge in [-0.25, -0.2) is 4.79 Å². The fourth-order valence-electron chi connectivity index (χ4n) is 5.48. The van der Waals surface area contributed by atoms with Crippen LogP contribution in [-0.2, 0) is 22.4 Å². The number of aliphatic hydroxyl groups is 1. The molecule has 3 aromatic rings. The molecule has 0 radical (unpaired) electrons. The highest BCUT2D eigenvalue weighted by Gasteiger charge is 2.34. The van der Waals surface area contributed by atoms with Gasteiger partial charge in [0.1, 0.15) is 12.1 Å². The molecule has 1 aromatic carbocycles. The van der Waals surface area contributed by atoms with E-state index in [0.717, 1.165) is 11.1 Å². The molecule has 0 unspecified atom stereocenters. The molecule has 1 aliphatic heterocycles. The number of amides is 1. The number of ether oxygens (including phenoxy) is 2. The summed E-state index contributed by atoms with van der Waals surface area (Å²) in [5.41, 5.74) is 3.08. The number of fused-ring (bicyclic) bond motifs is 1. The minimum atomic E-state index is -4.49. The molecule has 10 heteroatoms. The van der Waals surface area contributed by atoms with Crippen molar-refractivity contribution in [3.8, 4) is 11.3 Å². The molecule has 234 valence electrons. The number of hydrogen-bond acceptors (Lipinski definition) is 5. The van der Waals surface area contributed by atoms with Crippen molar-refractivity contribution in [1.29, 1.82) is 0 Å². The third-order valence-corrected chi connectivity index (χ3v) is 7.59. The maximum atomic E-state index is 14.2. The van der Waals surface area contributed by atoms with E-state index >= 15 is 0 Å². The molecule has 1 N–H and O–H groups in total. The Hall–Kier alpha value is -3.37. The number of carbonyl (C=O) groups is 1. The van der Waals surface area contributed by atoms with Crippen LogP contribution in [0.5, 0.6) is 0 Å². The summed E-state index contributed by atoms with van der Waals surface area (Å²) < 4.78 is 54.9. The zero-order valence-electron chi connectivity index (χ0n) is 26.0. The van der Waals surface area contributed by atoms with E-state index in [1.807, 2.05) is 53.7 Å². The maximum Gasteiger partial charge on any atom is 0.410 e. The van der Waals surface area contributed by atoms with Crippen molar-refractivity contribution in [1.82, 2.24) is 14.5 Å². The highest BCUT2D eigenvalue weighted by atomic mass is 19.4. The summed E-state index contributed by atoms with van der Waals surface area (Å²) in [5.74, 6) is 0. The van der Waals surface area contributed by atoms with Crippen LogP contribution in [0.3, 0.4) is 0 Å². The van der Waals surface area contributed by atoms with Crippen molar-refractivity contribution in [2.24, 2.45) is 5.41 Å². The minimum absolute atomic E-state index is 0.150. The monoisotopic (exact) mass is 601 g/mol. The molecule has 1 atom stereocenters. The zero-order chi connectivity index (χ0) is 31.7. The molecule has 3 heterocycles. The van der Waals surface area contributed by atoms with E-state index in [2.05, 4.69) is 11.1 Å². The topological polar surface area (TPSA) is 76.8 Å². The molecular formula is C33H42F3N3O4. The molecule has 0 saturated carbocycles. The van der Waals surface area contributed by atoms with Gasteiger partial charge >= 0.3 is 12.3 Å². The Balaban J connectivity index is 1.94. The fourth-order valence-corrected chi connectivity index (χ4v) is 5.48. The van der Waals surface area contributed by atoms with E-state index in [1.165, 1.54) is 11.7 Å². The molecule has 0 fully saturated rings. The number of alkyl halides is 3. The summed E-state index contributed by atoms with van der Waals surface area (Å²) in [5, 5.41) is 10.9. The van der Waals surface area contributed by atoms with Crippen LogP contribution < -0.4 is 0 Å². The van der Waals surface area contributed by atoms with E-state index < -0.39 is 35.9 Å². The second-order valence-electron chi connectivity index (χ2n) is 13.0. The summed E-state index contributed by atoms with van der Waals surface area (Å²) >= 11 is 0. The predicted octanol–water partition coefficient (Wildman–Crippen LogP) is 7.56. The number of aliphatic hydroxyl groups excluding tert-OH is 1. The smallest absolute Gasteiger partial charge is 0.410 e. The fraction of sp³-hybridized carbons (Fsp3) is 0.515. The van der Waals surface area contributed by atoms with Crippen LogP contribution in [0.15, 0.2) is 42.6 Å². The lowest BCUT2D eigenvalue weighted by atomic mass is 9.84. The summed E-state index contributed by atoms with van der Waals surface area (Å²) in [6, 6.07) is 8.93. The summed E-state index contributed by atoms with van der Waals surface area (Å²) in [6.07, 6.45) is -0.737. The van der Waals surface area contributed by atoms with Gasteiger partial charge in [0.05, 0.1) is 17.5 Å². The maximum absolute atomic E-state index is 14.2. The second-order valence-corrected chi connectivity index (χ2v) is 13.0. The minimum Gasteiger partial charge on any atom is -0.444 e. The van der Waals surface area contributed by atoms with Gasteiger partial charge in [0.2, 0.25) is 0 Å². The first-order chi connectivity index (χ1) is 20.0. The number of pyridine rings is 1. The molecule has 1 amide bonds. The molecule has 0 bridgehead atoms. The number of rotatable bonds is 8. The first-order valence-electron chi connectivity index (χ1n) is 14.5. The molecule has 0 aliphatic carbocycles. The Morgan fingerprint density at radius 2 is 1.86 bits per heavy atom. The van der Waals surface area contributed by atoms with Gasteiger partial charge in [-0.2, -0.15) is 13.2 Å².